The lowest BCUT2D eigenvalue weighted by Gasteiger charge is -2.16. The SMILES string of the molecule is O=C(O)Cc1c(Cl)cc2ccccc2c1-c1cccc2ccccc12. The van der Waals surface area contributed by atoms with Crippen LogP contribution < -0.4 is 0 Å². The van der Waals surface area contributed by atoms with E-state index in [1.54, 1.807) is 0 Å². The maximum Gasteiger partial charge on any atom is 0.307 e. The number of carbonyl (C=O) groups is 1. The van der Waals surface area contributed by atoms with Crippen LogP contribution in [-0.2, 0) is 11.2 Å². The lowest BCUT2D eigenvalue weighted by molar-refractivity contribution is -0.136. The molecule has 25 heavy (non-hydrogen) atoms. The van der Waals surface area contributed by atoms with Crippen LogP contribution in [0.15, 0.2) is 72.8 Å². The second kappa shape index (κ2) is 6.23. The molecule has 0 aliphatic carbocycles. The van der Waals surface area contributed by atoms with E-state index < -0.39 is 5.97 Å². The van der Waals surface area contributed by atoms with Crippen LogP contribution in [0.25, 0.3) is 32.7 Å². The van der Waals surface area contributed by atoms with Gasteiger partial charge in [0.05, 0.1) is 6.42 Å². The second-order valence-electron chi connectivity index (χ2n) is 6.03. The Bertz CT molecular complexity index is 1110. The molecule has 0 aliphatic heterocycles. The van der Waals surface area contributed by atoms with Crippen LogP contribution in [-0.4, -0.2) is 11.1 Å². The molecule has 0 saturated carbocycles. The van der Waals surface area contributed by atoms with E-state index in [9.17, 15) is 9.90 Å². The van der Waals surface area contributed by atoms with Crippen LogP contribution in [0.5, 0.6) is 0 Å². The molecular formula is C22H15ClO2. The van der Waals surface area contributed by atoms with Crippen molar-refractivity contribution in [3.63, 3.8) is 0 Å². The van der Waals surface area contributed by atoms with E-state index in [-0.39, 0.29) is 6.42 Å². The Balaban J connectivity index is 2.16. The van der Waals surface area contributed by atoms with Gasteiger partial charge >= 0.3 is 5.97 Å². The van der Waals surface area contributed by atoms with Gasteiger partial charge in [0.2, 0.25) is 0 Å². The first-order valence-corrected chi connectivity index (χ1v) is 8.43. The van der Waals surface area contributed by atoms with Crippen molar-refractivity contribution in [1.82, 2.24) is 0 Å². The quantitative estimate of drug-likeness (QED) is 0.498. The molecule has 0 aromatic heterocycles. The summed E-state index contributed by atoms with van der Waals surface area (Å²) in [5.41, 5.74) is 2.57. The number of aliphatic carboxylic acids is 1. The molecule has 0 aliphatic rings. The fourth-order valence-electron chi connectivity index (χ4n) is 3.43. The Morgan fingerprint density at radius 1 is 0.840 bits per heavy atom. The molecule has 3 heteroatoms. The average molecular weight is 347 g/mol. The van der Waals surface area contributed by atoms with Crippen molar-refractivity contribution in [2.24, 2.45) is 0 Å². The van der Waals surface area contributed by atoms with Crippen molar-refractivity contribution in [2.45, 2.75) is 6.42 Å². The van der Waals surface area contributed by atoms with Crippen LogP contribution in [0.3, 0.4) is 0 Å². The molecule has 0 fully saturated rings. The number of rotatable bonds is 3. The summed E-state index contributed by atoms with van der Waals surface area (Å²) in [5, 5.41) is 14.1. The number of benzene rings is 4. The zero-order valence-electron chi connectivity index (χ0n) is 13.4. The van der Waals surface area contributed by atoms with Crippen LogP contribution in [0.4, 0.5) is 0 Å². The number of halogens is 1. The molecule has 0 atom stereocenters. The van der Waals surface area contributed by atoms with E-state index in [0.717, 1.165) is 32.7 Å². The van der Waals surface area contributed by atoms with Crippen molar-refractivity contribution >= 4 is 39.1 Å². The molecule has 2 nitrogen and oxygen atoms in total. The Morgan fingerprint density at radius 2 is 1.48 bits per heavy atom. The maximum absolute atomic E-state index is 11.4. The summed E-state index contributed by atoms with van der Waals surface area (Å²) in [4.78, 5) is 11.4. The minimum absolute atomic E-state index is 0.109. The highest BCUT2D eigenvalue weighted by atomic mass is 35.5. The van der Waals surface area contributed by atoms with Gasteiger partial charge in [-0.25, -0.2) is 0 Å². The first-order valence-electron chi connectivity index (χ1n) is 8.05. The predicted octanol–water partition coefficient (Wildman–Crippen LogP) is 5.94. The molecule has 0 spiro atoms. The summed E-state index contributed by atoms with van der Waals surface area (Å²) in [6.07, 6.45) is -0.109. The van der Waals surface area contributed by atoms with Gasteiger partial charge in [0.1, 0.15) is 0 Å². The zero-order chi connectivity index (χ0) is 17.4. The molecular weight excluding hydrogens is 332 g/mol. The Kier molecular flexibility index (Phi) is 3.90. The van der Waals surface area contributed by atoms with E-state index in [1.807, 2.05) is 54.6 Å². The van der Waals surface area contributed by atoms with Crippen LogP contribution in [0, 0.1) is 0 Å². The molecule has 0 radical (unpaired) electrons. The van der Waals surface area contributed by atoms with E-state index in [2.05, 4.69) is 18.2 Å². The molecule has 4 aromatic rings. The smallest absolute Gasteiger partial charge is 0.307 e. The van der Waals surface area contributed by atoms with E-state index in [4.69, 9.17) is 11.6 Å². The van der Waals surface area contributed by atoms with Crippen molar-refractivity contribution in [2.75, 3.05) is 0 Å². The highest BCUT2D eigenvalue weighted by Crippen LogP contribution is 2.40. The third kappa shape index (κ3) is 2.75. The maximum atomic E-state index is 11.4. The molecule has 0 amide bonds. The Hall–Kier alpha value is -2.84. The van der Waals surface area contributed by atoms with Gasteiger partial charge in [0.25, 0.3) is 0 Å². The zero-order valence-corrected chi connectivity index (χ0v) is 14.1. The number of hydrogen-bond donors (Lipinski definition) is 1. The van der Waals surface area contributed by atoms with Crippen molar-refractivity contribution in [1.29, 1.82) is 0 Å². The number of carboxylic acids is 1. The molecule has 0 unspecified atom stereocenters. The van der Waals surface area contributed by atoms with Gasteiger partial charge in [0.15, 0.2) is 0 Å². The summed E-state index contributed by atoms with van der Waals surface area (Å²) in [6.45, 7) is 0. The van der Waals surface area contributed by atoms with E-state index in [1.165, 1.54) is 0 Å². The third-order valence-electron chi connectivity index (χ3n) is 4.49. The van der Waals surface area contributed by atoms with Gasteiger partial charge in [-0.3, -0.25) is 4.79 Å². The van der Waals surface area contributed by atoms with Gasteiger partial charge in [-0.05, 0) is 44.3 Å². The fourth-order valence-corrected chi connectivity index (χ4v) is 3.71. The summed E-state index contributed by atoms with van der Waals surface area (Å²) in [7, 11) is 0. The minimum atomic E-state index is -0.890. The Morgan fingerprint density at radius 3 is 2.24 bits per heavy atom. The van der Waals surface area contributed by atoms with Gasteiger partial charge < -0.3 is 5.11 Å². The normalized spacial score (nSPS) is 11.1. The lowest BCUT2D eigenvalue weighted by atomic mass is 9.89. The van der Waals surface area contributed by atoms with Gasteiger partial charge in [-0.1, -0.05) is 78.3 Å². The molecule has 4 aromatic carbocycles. The van der Waals surface area contributed by atoms with E-state index >= 15 is 0 Å². The number of hydrogen-bond acceptors (Lipinski definition) is 1. The summed E-state index contributed by atoms with van der Waals surface area (Å²) >= 11 is 6.49. The van der Waals surface area contributed by atoms with Crippen molar-refractivity contribution < 1.29 is 9.90 Å². The van der Waals surface area contributed by atoms with Crippen LogP contribution >= 0.6 is 11.6 Å². The van der Waals surface area contributed by atoms with Crippen LogP contribution in [0.2, 0.25) is 5.02 Å². The van der Waals surface area contributed by atoms with Gasteiger partial charge in [-0.2, -0.15) is 0 Å². The predicted molar refractivity (Wildman–Crippen MR) is 103 cm³/mol. The number of carboxylic acid groups (broad SMARTS) is 1. The van der Waals surface area contributed by atoms with Crippen molar-refractivity contribution in [3.05, 3.63) is 83.4 Å². The molecule has 1 N–H and O–H groups in total. The standard InChI is InChI=1S/C22H15ClO2/c23-20-12-15-7-2-4-10-17(15)22(19(20)13-21(24)25)18-11-5-8-14-6-1-3-9-16(14)18/h1-12H,13H2,(H,24,25). The fraction of sp³-hybridized carbons (Fsp3) is 0.0455. The highest BCUT2D eigenvalue weighted by Gasteiger charge is 2.18. The molecule has 4 rings (SSSR count). The monoisotopic (exact) mass is 346 g/mol. The Labute approximate surface area is 150 Å². The van der Waals surface area contributed by atoms with E-state index in [0.29, 0.717) is 10.6 Å². The van der Waals surface area contributed by atoms with Crippen molar-refractivity contribution in [3.8, 4) is 11.1 Å². The third-order valence-corrected chi connectivity index (χ3v) is 4.83. The second-order valence-corrected chi connectivity index (χ2v) is 6.44. The first-order chi connectivity index (χ1) is 12.1. The summed E-state index contributed by atoms with van der Waals surface area (Å²) in [6, 6.07) is 24.0. The summed E-state index contributed by atoms with van der Waals surface area (Å²) in [5.74, 6) is -0.890. The molecule has 0 heterocycles. The summed E-state index contributed by atoms with van der Waals surface area (Å²) < 4.78 is 0. The number of fused-ring (bicyclic) bond motifs is 2. The van der Waals surface area contributed by atoms with Crippen LogP contribution in [0.1, 0.15) is 5.56 Å². The minimum Gasteiger partial charge on any atom is -0.481 e. The highest BCUT2D eigenvalue weighted by molar-refractivity contribution is 6.33. The molecule has 122 valence electrons. The largest absolute Gasteiger partial charge is 0.481 e. The molecule has 0 saturated heterocycles. The molecule has 0 bridgehead atoms. The lowest BCUT2D eigenvalue weighted by Crippen LogP contribution is -2.03. The topological polar surface area (TPSA) is 37.3 Å². The van der Waals surface area contributed by atoms with Gasteiger partial charge in [0, 0.05) is 5.02 Å². The first kappa shape index (κ1) is 15.7. The van der Waals surface area contributed by atoms with Gasteiger partial charge in [-0.15, -0.1) is 0 Å². The average Bonchev–Trinajstić information content (AvgIpc) is 2.62.